The van der Waals surface area contributed by atoms with Crippen molar-refractivity contribution < 1.29 is 4.79 Å². The average Bonchev–Trinajstić information content (AvgIpc) is 2.89. The van der Waals surface area contributed by atoms with Crippen LogP contribution in [-0.2, 0) is 4.79 Å². The molecule has 1 aromatic carbocycles. The van der Waals surface area contributed by atoms with Gasteiger partial charge in [-0.2, -0.15) is 0 Å². The molecule has 2 aromatic rings. The highest BCUT2D eigenvalue weighted by Crippen LogP contribution is 2.30. The molecule has 0 spiro atoms. The summed E-state index contributed by atoms with van der Waals surface area (Å²) in [7, 11) is 0. The highest BCUT2D eigenvalue weighted by molar-refractivity contribution is 7.22. The summed E-state index contributed by atoms with van der Waals surface area (Å²) in [6, 6.07) is 6.37. The van der Waals surface area contributed by atoms with Gasteiger partial charge in [-0.25, -0.2) is 4.98 Å². The van der Waals surface area contributed by atoms with Gasteiger partial charge >= 0.3 is 0 Å². The molecule has 1 aliphatic rings. The zero-order valence-corrected chi connectivity index (χ0v) is 14.2. The van der Waals surface area contributed by atoms with Gasteiger partial charge in [0.2, 0.25) is 5.91 Å². The van der Waals surface area contributed by atoms with Crippen molar-refractivity contribution in [1.29, 1.82) is 0 Å². The molecule has 1 amide bonds. The van der Waals surface area contributed by atoms with Gasteiger partial charge in [0.05, 0.1) is 10.2 Å². The van der Waals surface area contributed by atoms with E-state index in [1.807, 2.05) is 0 Å². The molecule has 0 atom stereocenters. The molecular weight excluding hydrogens is 292 g/mol. The van der Waals surface area contributed by atoms with Crippen molar-refractivity contribution in [2.45, 2.75) is 58.3 Å². The molecule has 1 heterocycles. The Hall–Kier alpha value is -1.42. The maximum absolute atomic E-state index is 12.2. The first-order valence-electron chi connectivity index (χ1n) is 8.32. The van der Waals surface area contributed by atoms with Crippen molar-refractivity contribution in [3.8, 4) is 0 Å². The van der Waals surface area contributed by atoms with E-state index in [1.54, 1.807) is 11.3 Å². The summed E-state index contributed by atoms with van der Waals surface area (Å²) in [6.07, 6.45) is 6.92. The Kier molecular flexibility index (Phi) is 4.77. The van der Waals surface area contributed by atoms with Crippen LogP contribution >= 0.6 is 11.3 Å². The number of nitrogens with one attached hydrogen (secondary N) is 1. The Morgan fingerprint density at radius 2 is 2.09 bits per heavy atom. The number of thiazole rings is 1. The van der Waals surface area contributed by atoms with Crippen LogP contribution in [0.15, 0.2) is 18.2 Å². The van der Waals surface area contributed by atoms with E-state index < -0.39 is 0 Å². The van der Waals surface area contributed by atoms with Crippen molar-refractivity contribution in [1.82, 2.24) is 4.98 Å². The molecule has 1 saturated carbocycles. The Bertz CT molecular complexity index is 656. The molecule has 1 fully saturated rings. The zero-order chi connectivity index (χ0) is 15.5. The minimum absolute atomic E-state index is 0.120. The van der Waals surface area contributed by atoms with Crippen LogP contribution in [0.5, 0.6) is 0 Å². The van der Waals surface area contributed by atoms with Gasteiger partial charge < -0.3 is 5.32 Å². The first kappa shape index (κ1) is 15.5. The minimum atomic E-state index is 0.120. The van der Waals surface area contributed by atoms with Crippen molar-refractivity contribution in [2.24, 2.45) is 5.92 Å². The van der Waals surface area contributed by atoms with Crippen molar-refractivity contribution >= 4 is 32.6 Å². The largest absolute Gasteiger partial charge is 0.302 e. The number of anilines is 1. The van der Waals surface area contributed by atoms with Gasteiger partial charge in [0, 0.05) is 6.42 Å². The van der Waals surface area contributed by atoms with Crippen LogP contribution in [0.25, 0.3) is 10.2 Å². The van der Waals surface area contributed by atoms with E-state index >= 15 is 0 Å². The number of amides is 1. The molecule has 0 saturated heterocycles. The lowest BCUT2D eigenvalue weighted by atomic mass is 9.87. The van der Waals surface area contributed by atoms with Crippen molar-refractivity contribution in [2.75, 3.05) is 5.32 Å². The van der Waals surface area contributed by atoms with Gasteiger partial charge in [0.15, 0.2) is 5.13 Å². The smallest absolute Gasteiger partial charge is 0.226 e. The van der Waals surface area contributed by atoms with Gasteiger partial charge in [-0.3, -0.25) is 4.79 Å². The second-order valence-electron chi connectivity index (χ2n) is 6.66. The summed E-state index contributed by atoms with van der Waals surface area (Å²) < 4.78 is 1.15. The third-order valence-electron chi connectivity index (χ3n) is 4.52. The van der Waals surface area contributed by atoms with Crippen LogP contribution in [0.4, 0.5) is 5.13 Å². The highest BCUT2D eigenvalue weighted by Gasteiger charge is 2.18. The Labute approximate surface area is 136 Å². The molecular formula is C18H24N2OS. The normalized spacial score (nSPS) is 16.3. The predicted octanol–water partition coefficient (Wildman–Crippen LogP) is 5.33. The van der Waals surface area contributed by atoms with Gasteiger partial charge in [0.1, 0.15) is 0 Å². The highest BCUT2D eigenvalue weighted by atomic mass is 32.1. The third-order valence-corrected chi connectivity index (χ3v) is 5.46. The summed E-state index contributed by atoms with van der Waals surface area (Å²) in [6.45, 7) is 4.38. The van der Waals surface area contributed by atoms with Crippen molar-refractivity contribution in [3.05, 3.63) is 23.8 Å². The summed E-state index contributed by atoms with van der Waals surface area (Å²) in [5.41, 5.74) is 2.29. The standard InChI is InChI=1S/C18H24N2OS/c1-12(2)14-8-9-15-16(11-14)22-18(19-15)20-17(21)10-13-6-4-3-5-7-13/h8-9,11-13H,3-7,10H2,1-2H3,(H,19,20,21). The predicted molar refractivity (Wildman–Crippen MR) is 93.5 cm³/mol. The van der Waals surface area contributed by atoms with E-state index in [1.165, 1.54) is 37.7 Å². The third kappa shape index (κ3) is 3.67. The number of rotatable bonds is 4. The molecule has 1 aromatic heterocycles. The van der Waals surface area contributed by atoms with Crippen LogP contribution in [0.2, 0.25) is 0 Å². The fraction of sp³-hybridized carbons (Fsp3) is 0.556. The van der Waals surface area contributed by atoms with E-state index in [0.29, 0.717) is 18.3 Å². The number of aromatic nitrogens is 1. The first-order valence-corrected chi connectivity index (χ1v) is 9.14. The minimum Gasteiger partial charge on any atom is -0.302 e. The topological polar surface area (TPSA) is 42.0 Å². The van der Waals surface area contributed by atoms with Crippen LogP contribution < -0.4 is 5.32 Å². The van der Waals surface area contributed by atoms with E-state index in [9.17, 15) is 4.79 Å². The number of hydrogen-bond donors (Lipinski definition) is 1. The number of nitrogens with zero attached hydrogens (tertiary/aromatic N) is 1. The molecule has 0 aliphatic heterocycles. The lowest BCUT2D eigenvalue weighted by Crippen LogP contribution is -2.18. The Morgan fingerprint density at radius 3 is 2.82 bits per heavy atom. The first-order chi connectivity index (χ1) is 10.6. The van der Waals surface area contributed by atoms with E-state index in [0.717, 1.165) is 15.3 Å². The molecule has 0 bridgehead atoms. The quantitative estimate of drug-likeness (QED) is 0.828. The van der Waals surface area contributed by atoms with E-state index in [4.69, 9.17) is 0 Å². The molecule has 3 nitrogen and oxygen atoms in total. The SMILES string of the molecule is CC(C)c1ccc2nc(NC(=O)CC3CCCCC3)sc2c1. The number of carbonyl (C=O) groups is 1. The maximum Gasteiger partial charge on any atom is 0.226 e. The fourth-order valence-electron chi connectivity index (χ4n) is 3.18. The van der Waals surface area contributed by atoms with Crippen LogP contribution in [-0.4, -0.2) is 10.9 Å². The maximum atomic E-state index is 12.2. The molecule has 0 unspecified atom stereocenters. The molecule has 4 heteroatoms. The van der Waals surface area contributed by atoms with Crippen molar-refractivity contribution in [3.63, 3.8) is 0 Å². The molecule has 3 rings (SSSR count). The van der Waals surface area contributed by atoms with Crippen LogP contribution in [0, 0.1) is 5.92 Å². The summed E-state index contributed by atoms with van der Waals surface area (Å²) in [5, 5.41) is 3.73. The molecule has 22 heavy (non-hydrogen) atoms. The average molecular weight is 316 g/mol. The summed E-state index contributed by atoms with van der Waals surface area (Å²) >= 11 is 1.58. The summed E-state index contributed by atoms with van der Waals surface area (Å²) in [5.74, 6) is 1.20. The number of fused-ring (bicyclic) bond motifs is 1. The van der Waals surface area contributed by atoms with Crippen LogP contribution in [0.1, 0.15) is 63.9 Å². The Morgan fingerprint density at radius 1 is 1.32 bits per heavy atom. The second-order valence-corrected chi connectivity index (χ2v) is 7.69. The molecule has 1 aliphatic carbocycles. The van der Waals surface area contributed by atoms with Gasteiger partial charge in [-0.1, -0.05) is 50.5 Å². The molecule has 118 valence electrons. The van der Waals surface area contributed by atoms with E-state index in [-0.39, 0.29) is 5.91 Å². The number of benzene rings is 1. The fourth-order valence-corrected chi connectivity index (χ4v) is 4.11. The number of hydrogen-bond acceptors (Lipinski definition) is 3. The van der Waals surface area contributed by atoms with Gasteiger partial charge in [-0.05, 0) is 42.4 Å². The molecule has 1 N–H and O–H groups in total. The molecule has 0 radical (unpaired) electrons. The van der Waals surface area contributed by atoms with Gasteiger partial charge in [0.25, 0.3) is 0 Å². The Balaban J connectivity index is 1.66. The lowest BCUT2D eigenvalue weighted by molar-refractivity contribution is -0.117. The zero-order valence-electron chi connectivity index (χ0n) is 13.4. The van der Waals surface area contributed by atoms with E-state index in [2.05, 4.69) is 42.3 Å². The summed E-state index contributed by atoms with van der Waals surface area (Å²) in [4.78, 5) is 16.7. The number of carbonyl (C=O) groups excluding carboxylic acids is 1. The lowest BCUT2D eigenvalue weighted by Gasteiger charge is -2.20. The monoisotopic (exact) mass is 316 g/mol. The van der Waals surface area contributed by atoms with Gasteiger partial charge in [-0.15, -0.1) is 0 Å². The van der Waals surface area contributed by atoms with Crippen LogP contribution in [0.3, 0.4) is 0 Å². The second kappa shape index (κ2) is 6.78.